The number of hydrogen-bond acceptors (Lipinski definition) is 1. The molecule has 0 heterocycles. The number of rotatable bonds is 0. The van der Waals surface area contributed by atoms with Crippen LogP contribution in [0.25, 0.3) is 0 Å². The average Bonchev–Trinajstić information content (AvgIpc) is 0.722. The van der Waals surface area contributed by atoms with E-state index in [1.54, 1.807) is 0 Å². The van der Waals surface area contributed by atoms with Gasteiger partial charge < -0.3 is 80.4 Å². The van der Waals surface area contributed by atoms with E-state index in [1.165, 1.54) is 0 Å². The van der Waals surface area contributed by atoms with Crippen molar-refractivity contribution in [1.29, 1.82) is 0 Å². The Morgan fingerprint density at radius 3 is 0.444 bits per heavy atom. The van der Waals surface area contributed by atoms with Gasteiger partial charge in [-0.15, -0.1) is 0 Å². The summed E-state index contributed by atoms with van der Waals surface area (Å²) in [4.78, 5) is 21.6. The number of hydrogen-bond donors (Lipinski definition) is 3. The van der Waals surface area contributed by atoms with Crippen molar-refractivity contribution in [2.24, 2.45) is 0 Å². The molecule has 0 spiro atoms. The van der Waals surface area contributed by atoms with Crippen LogP contribution in [0, 0.1) is 0 Å². The predicted molar refractivity (Wildman–Crippen MR) is 64.8 cm³/mol. The van der Waals surface area contributed by atoms with Gasteiger partial charge in [-0.1, -0.05) is 0 Å². The van der Waals surface area contributed by atoms with Gasteiger partial charge in [-0.25, -0.2) is 4.57 Å². The zero-order chi connectivity index (χ0) is 4.50. The summed E-state index contributed by atoms with van der Waals surface area (Å²) < 4.78 is 8.88. The summed E-state index contributed by atoms with van der Waals surface area (Å²) in [6.45, 7) is 0. The summed E-state index contributed by atoms with van der Waals surface area (Å²) in [5, 5.41) is 0. The summed E-state index contributed by atoms with van der Waals surface area (Å²) >= 11 is 0. The summed E-state index contributed by atoms with van der Waals surface area (Å²) in [5.74, 6) is 0. The molecule has 0 amide bonds. The molecule has 0 bridgehead atoms. The maximum absolute atomic E-state index is 8.88. The van der Waals surface area contributed by atoms with E-state index in [4.69, 9.17) is 19.2 Å². The fourth-order valence-corrected chi connectivity index (χ4v) is 0. The van der Waals surface area contributed by atoms with E-state index in [-0.39, 0.29) is 95.3 Å². The minimum absolute atomic E-state index is 0. The molecule has 0 unspecified atom stereocenters. The van der Waals surface area contributed by atoms with E-state index in [0.29, 0.717) is 0 Å². The van der Waals surface area contributed by atoms with E-state index in [9.17, 15) is 0 Å². The Hall–Kier alpha value is 0.630. The molecule has 0 rings (SSSR count). The number of phosphoric acid groups is 1. The van der Waals surface area contributed by atoms with Crippen LogP contribution in [0.3, 0.4) is 0 Å². The van der Waals surface area contributed by atoms with Crippen LogP contribution in [0.5, 0.6) is 0 Å². The molecule has 18 heavy (non-hydrogen) atoms. The van der Waals surface area contributed by atoms with Crippen molar-refractivity contribution in [2.45, 2.75) is 0 Å². The molecular weight excluding hydrogens is 310 g/mol. The van der Waals surface area contributed by atoms with Crippen molar-refractivity contribution in [3.63, 3.8) is 0 Å². The molecule has 0 aliphatic rings. The van der Waals surface area contributed by atoms with Crippen molar-refractivity contribution in [1.82, 2.24) is 0 Å². The molecule has 0 aromatic carbocycles. The standard InChI is InChI=1S/Na.H3O4P.12H2O.H/c;1-5(2,3)4;;;;;;;;;;;;;/h;(H3,1,2,3,4);12*1H2;. The van der Waals surface area contributed by atoms with Crippen LogP contribution in [0.15, 0.2) is 0 Å². The molecule has 27 N–H and O–H groups in total. The van der Waals surface area contributed by atoms with Crippen molar-refractivity contribution < 1.29 is 85.0 Å². The first-order valence-corrected chi connectivity index (χ1v) is 2.35. The Balaban J connectivity index is -0.00000000103. The average molecular weight is 338 g/mol. The van der Waals surface area contributed by atoms with Crippen LogP contribution in [0.4, 0.5) is 0 Å². The molecule has 16 nitrogen and oxygen atoms in total. The van der Waals surface area contributed by atoms with Crippen molar-refractivity contribution in [3.8, 4) is 0 Å². The molecule has 0 atom stereocenters. The predicted octanol–water partition coefficient (Wildman–Crippen LogP) is -11.5. The normalized spacial score (nSPS) is 3.28. The molecular formula is H28NaO16P. The Morgan fingerprint density at radius 2 is 0.444 bits per heavy atom. The molecule has 0 fully saturated rings. The summed E-state index contributed by atoms with van der Waals surface area (Å²) in [5.41, 5.74) is 0. The topological polar surface area (TPSA) is 456 Å². The van der Waals surface area contributed by atoms with Crippen molar-refractivity contribution >= 4 is 37.4 Å². The van der Waals surface area contributed by atoms with Crippen molar-refractivity contribution in [2.75, 3.05) is 0 Å². The first-order chi connectivity index (χ1) is 2.00. The third-order valence-corrected chi connectivity index (χ3v) is 0. The molecule has 0 aromatic heterocycles. The van der Waals surface area contributed by atoms with Gasteiger partial charge in [0.15, 0.2) is 0 Å². The molecule has 130 valence electrons. The molecule has 0 aliphatic carbocycles. The van der Waals surface area contributed by atoms with Gasteiger partial charge in [0.25, 0.3) is 0 Å². The van der Waals surface area contributed by atoms with Crippen LogP contribution in [0.2, 0.25) is 0 Å². The molecule has 18 heteroatoms. The summed E-state index contributed by atoms with van der Waals surface area (Å²) in [6.07, 6.45) is 0. The molecule has 0 saturated carbocycles. The van der Waals surface area contributed by atoms with Gasteiger partial charge in [-0.3, -0.25) is 0 Å². The van der Waals surface area contributed by atoms with E-state index in [0.717, 1.165) is 0 Å². The second-order valence-corrected chi connectivity index (χ2v) is 1.54. The maximum atomic E-state index is 8.88. The SMILES string of the molecule is O.O.O.O.O.O.O.O.O.O.O.O.O=P(O)(O)O.[NaH]. The zero-order valence-electron chi connectivity index (χ0n) is 8.20. The zero-order valence-corrected chi connectivity index (χ0v) is 9.09. The first-order valence-electron chi connectivity index (χ1n) is 0.783. The monoisotopic (exact) mass is 338 g/mol. The van der Waals surface area contributed by atoms with E-state index >= 15 is 0 Å². The van der Waals surface area contributed by atoms with Gasteiger partial charge in [-0.05, 0) is 0 Å². The van der Waals surface area contributed by atoms with E-state index in [1.807, 2.05) is 0 Å². The van der Waals surface area contributed by atoms with Gasteiger partial charge in [0.05, 0.1) is 0 Å². The van der Waals surface area contributed by atoms with Crippen LogP contribution in [0.1, 0.15) is 0 Å². The Bertz CT molecular complexity index is 57.2. The minimum atomic E-state index is -4.64. The molecule has 0 radical (unpaired) electrons. The van der Waals surface area contributed by atoms with Crippen molar-refractivity contribution in [3.05, 3.63) is 0 Å². The fourth-order valence-electron chi connectivity index (χ4n) is 0. The Labute approximate surface area is 122 Å². The third kappa shape index (κ3) is 10200. The van der Waals surface area contributed by atoms with Gasteiger partial charge in [0.1, 0.15) is 0 Å². The first kappa shape index (κ1) is 270. The van der Waals surface area contributed by atoms with Gasteiger partial charge in [0, 0.05) is 0 Å². The van der Waals surface area contributed by atoms with Crippen LogP contribution in [-0.4, -0.2) is 110 Å². The second-order valence-electron chi connectivity index (χ2n) is 0.513. The molecule has 0 saturated heterocycles. The quantitative estimate of drug-likeness (QED) is 0.285. The third-order valence-electron chi connectivity index (χ3n) is 0. The van der Waals surface area contributed by atoms with Crippen LogP contribution in [-0.2, 0) is 4.57 Å². The molecule has 0 aromatic rings. The fraction of sp³-hybridized carbons (Fsp3) is 0. The summed E-state index contributed by atoms with van der Waals surface area (Å²) in [7, 11) is -4.64. The van der Waals surface area contributed by atoms with Gasteiger partial charge in [-0.2, -0.15) is 0 Å². The molecule has 0 aliphatic heterocycles. The van der Waals surface area contributed by atoms with E-state index < -0.39 is 7.82 Å². The summed E-state index contributed by atoms with van der Waals surface area (Å²) in [6, 6.07) is 0. The van der Waals surface area contributed by atoms with Gasteiger partial charge in [0.2, 0.25) is 0 Å². The Kier molecular flexibility index (Phi) is 1660. The van der Waals surface area contributed by atoms with E-state index in [2.05, 4.69) is 0 Å². The van der Waals surface area contributed by atoms with Crippen LogP contribution >= 0.6 is 7.82 Å². The van der Waals surface area contributed by atoms with Crippen LogP contribution < -0.4 is 0 Å². The second kappa shape index (κ2) is 111. The Morgan fingerprint density at radius 1 is 0.444 bits per heavy atom. The van der Waals surface area contributed by atoms with Gasteiger partial charge >= 0.3 is 37.4 Å².